The molecule has 0 amide bonds. The standard InChI is InChI=1S/C37H31N4O.Pt/c1-36(2,3)23-18-19-38-32(21-23)40-28-13-7-6-10-25(28)26-17-16-22(20-30(26)40)24-11-8-14-29-34(24)39-35-33-27(12-9-15-31(33)42)37(4,5)41(29)35;/h6-19,21,42H,1-5H3;/q-1;. The number of phenols is 1. The van der Waals surface area contributed by atoms with Crippen molar-refractivity contribution in [3.8, 4) is 34.1 Å². The number of hydrogen-bond donors (Lipinski definition) is 1. The molecule has 0 bridgehead atoms. The van der Waals surface area contributed by atoms with Gasteiger partial charge in [-0.25, -0.2) is 9.97 Å². The molecule has 0 aliphatic carbocycles. The van der Waals surface area contributed by atoms with Crippen molar-refractivity contribution < 1.29 is 26.2 Å². The Kier molecular flexibility index (Phi) is 6.03. The molecule has 1 aliphatic heterocycles. The number of phenolic OH excluding ortho intramolecular Hbond substituents is 1. The van der Waals surface area contributed by atoms with E-state index in [-0.39, 0.29) is 37.8 Å². The van der Waals surface area contributed by atoms with Crippen LogP contribution in [0.2, 0.25) is 0 Å². The molecule has 0 fully saturated rings. The van der Waals surface area contributed by atoms with E-state index in [1.165, 1.54) is 10.9 Å². The first-order valence-corrected chi connectivity index (χ1v) is 14.4. The summed E-state index contributed by atoms with van der Waals surface area (Å²) in [5.74, 6) is 1.95. The van der Waals surface area contributed by atoms with Crippen LogP contribution in [0.3, 0.4) is 0 Å². The van der Waals surface area contributed by atoms with Crippen molar-refractivity contribution in [3.05, 3.63) is 108 Å². The molecule has 4 aromatic carbocycles. The van der Waals surface area contributed by atoms with Gasteiger partial charge < -0.3 is 14.2 Å². The monoisotopic (exact) mass is 742 g/mol. The van der Waals surface area contributed by atoms with Crippen molar-refractivity contribution in [1.82, 2.24) is 19.1 Å². The largest absolute Gasteiger partial charge is 0.507 e. The second-order valence-corrected chi connectivity index (χ2v) is 12.8. The first-order valence-electron chi connectivity index (χ1n) is 14.4. The van der Waals surface area contributed by atoms with Crippen LogP contribution in [0.15, 0.2) is 91.1 Å². The molecule has 0 saturated carbocycles. The molecular formula is C37H31N4OPt-. The van der Waals surface area contributed by atoms with E-state index in [0.717, 1.165) is 61.3 Å². The van der Waals surface area contributed by atoms with Crippen molar-refractivity contribution in [3.63, 3.8) is 0 Å². The Morgan fingerprint density at radius 1 is 0.837 bits per heavy atom. The summed E-state index contributed by atoms with van der Waals surface area (Å²) in [6.07, 6.45) is 1.91. The third-order valence-electron chi connectivity index (χ3n) is 8.88. The number of rotatable bonds is 2. The Balaban J connectivity index is 0.00000300. The number of fused-ring (bicyclic) bond motifs is 8. The second kappa shape index (κ2) is 9.39. The summed E-state index contributed by atoms with van der Waals surface area (Å²) in [5.41, 5.74) is 8.80. The number of aromatic nitrogens is 4. The fourth-order valence-electron chi connectivity index (χ4n) is 6.75. The zero-order valence-corrected chi connectivity index (χ0v) is 27.0. The van der Waals surface area contributed by atoms with E-state index in [2.05, 4.69) is 123 Å². The number of pyridine rings is 1. The molecule has 1 aliphatic rings. The quantitative estimate of drug-likeness (QED) is 0.180. The van der Waals surface area contributed by atoms with E-state index < -0.39 is 0 Å². The van der Waals surface area contributed by atoms with Crippen molar-refractivity contribution in [1.29, 1.82) is 0 Å². The molecule has 0 radical (unpaired) electrons. The molecule has 0 spiro atoms. The molecule has 1 N–H and O–H groups in total. The van der Waals surface area contributed by atoms with Gasteiger partial charge in [0.2, 0.25) is 0 Å². The number of benzene rings is 4. The Hall–Kier alpha value is -4.21. The van der Waals surface area contributed by atoms with Crippen LogP contribution in [-0.4, -0.2) is 24.2 Å². The Labute approximate surface area is 265 Å². The number of imidazole rings is 1. The minimum Gasteiger partial charge on any atom is -0.507 e. The Bertz CT molecular complexity index is 2230. The maximum Gasteiger partial charge on any atom is 0.145 e. The van der Waals surface area contributed by atoms with E-state index in [1.54, 1.807) is 6.07 Å². The maximum absolute atomic E-state index is 10.8. The molecule has 7 aromatic rings. The molecule has 0 unspecified atom stereocenters. The van der Waals surface area contributed by atoms with Gasteiger partial charge in [0.25, 0.3) is 0 Å². The number of hydrogen-bond acceptors (Lipinski definition) is 3. The molecule has 0 atom stereocenters. The van der Waals surface area contributed by atoms with Gasteiger partial charge in [0.1, 0.15) is 17.4 Å². The van der Waals surface area contributed by atoms with E-state index in [4.69, 9.17) is 9.97 Å². The van der Waals surface area contributed by atoms with Crippen molar-refractivity contribution in [2.75, 3.05) is 0 Å². The van der Waals surface area contributed by atoms with Crippen LogP contribution in [0.5, 0.6) is 5.75 Å². The van der Waals surface area contributed by atoms with Crippen LogP contribution in [-0.2, 0) is 32.0 Å². The first-order chi connectivity index (χ1) is 20.1. The number of nitrogens with zero attached hydrogens (tertiary/aromatic N) is 4. The average molecular weight is 743 g/mol. The van der Waals surface area contributed by atoms with E-state index in [0.29, 0.717) is 0 Å². The summed E-state index contributed by atoms with van der Waals surface area (Å²) in [4.78, 5) is 10.0. The fourth-order valence-corrected chi connectivity index (χ4v) is 6.75. The topological polar surface area (TPSA) is 55.9 Å². The normalized spacial score (nSPS) is 13.8. The van der Waals surface area contributed by atoms with Crippen LogP contribution >= 0.6 is 0 Å². The molecular weight excluding hydrogens is 712 g/mol. The van der Waals surface area contributed by atoms with Crippen LogP contribution in [0, 0.1) is 6.07 Å². The second-order valence-electron chi connectivity index (χ2n) is 12.8. The predicted molar refractivity (Wildman–Crippen MR) is 170 cm³/mol. The number of para-hydroxylation sites is 2. The van der Waals surface area contributed by atoms with Gasteiger partial charge in [-0.05, 0) is 71.6 Å². The molecule has 0 saturated heterocycles. The number of aromatic hydroxyl groups is 1. The minimum absolute atomic E-state index is 0. The molecule has 3 aromatic heterocycles. The smallest absolute Gasteiger partial charge is 0.145 e. The summed E-state index contributed by atoms with van der Waals surface area (Å²) in [5, 5.41) is 13.2. The van der Waals surface area contributed by atoms with Gasteiger partial charge in [0.05, 0.1) is 22.1 Å². The molecule has 4 heterocycles. The molecule has 5 nitrogen and oxygen atoms in total. The summed E-state index contributed by atoms with van der Waals surface area (Å²) >= 11 is 0. The molecule has 6 heteroatoms. The van der Waals surface area contributed by atoms with Crippen LogP contribution in [0.1, 0.15) is 45.7 Å². The van der Waals surface area contributed by atoms with E-state index in [9.17, 15) is 5.11 Å². The van der Waals surface area contributed by atoms with Gasteiger partial charge in [-0.1, -0.05) is 74.2 Å². The third kappa shape index (κ3) is 3.87. The third-order valence-corrected chi connectivity index (χ3v) is 8.88. The summed E-state index contributed by atoms with van der Waals surface area (Å²) in [7, 11) is 0. The van der Waals surface area contributed by atoms with Gasteiger partial charge in [0.15, 0.2) is 0 Å². The maximum atomic E-state index is 10.8. The summed E-state index contributed by atoms with van der Waals surface area (Å²) in [6.45, 7) is 11.1. The Morgan fingerprint density at radius 3 is 2.42 bits per heavy atom. The molecule has 216 valence electrons. The zero-order valence-electron chi connectivity index (χ0n) is 24.7. The van der Waals surface area contributed by atoms with Crippen LogP contribution in [0.4, 0.5) is 0 Å². The minimum atomic E-state index is -0.347. The van der Waals surface area contributed by atoms with E-state index in [1.807, 2.05) is 12.3 Å². The first kappa shape index (κ1) is 27.6. The Morgan fingerprint density at radius 2 is 1.60 bits per heavy atom. The SMILES string of the molecule is CC(C)(C)c1ccnc(-n2c3[c-]c(-c4cccc5c4nc4n5C(C)(C)c5cccc(O)c5-4)ccc3c3ccccc32)c1.[Pt]. The van der Waals surface area contributed by atoms with Gasteiger partial charge in [-0.15, -0.1) is 23.8 Å². The van der Waals surface area contributed by atoms with Crippen LogP contribution < -0.4 is 0 Å². The van der Waals surface area contributed by atoms with Gasteiger partial charge >= 0.3 is 0 Å². The summed E-state index contributed by atoms with van der Waals surface area (Å²) in [6, 6.07) is 33.0. The fraction of sp³-hybridized carbons (Fsp3) is 0.189. The van der Waals surface area contributed by atoms with Gasteiger partial charge in [-0.2, -0.15) is 0 Å². The van der Waals surface area contributed by atoms with Crippen molar-refractivity contribution in [2.24, 2.45) is 0 Å². The van der Waals surface area contributed by atoms with Gasteiger partial charge in [-0.3, -0.25) is 0 Å². The molecule has 43 heavy (non-hydrogen) atoms. The van der Waals surface area contributed by atoms with Crippen molar-refractivity contribution in [2.45, 2.75) is 45.6 Å². The van der Waals surface area contributed by atoms with Crippen molar-refractivity contribution >= 4 is 32.8 Å². The zero-order chi connectivity index (χ0) is 29.0. The molecule has 8 rings (SSSR count). The summed E-state index contributed by atoms with van der Waals surface area (Å²) < 4.78 is 4.49. The van der Waals surface area contributed by atoms with E-state index >= 15 is 0 Å². The van der Waals surface area contributed by atoms with Crippen LogP contribution in [0.25, 0.3) is 61.2 Å². The predicted octanol–water partition coefficient (Wildman–Crippen LogP) is 8.76. The van der Waals surface area contributed by atoms with Gasteiger partial charge in [0, 0.05) is 32.8 Å². The average Bonchev–Trinajstić information content (AvgIpc) is 3.59.